The minimum absolute atomic E-state index is 1.26. The van der Waals surface area contributed by atoms with E-state index in [2.05, 4.69) is 5.29 Å². The van der Waals surface area contributed by atoms with Crippen molar-refractivity contribution in [2.75, 3.05) is 0 Å². The molecule has 1 aliphatic rings. The van der Waals surface area contributed by atoms with Crippen LogP contribution in [0.4, 0.5) is 17.6 Å². The third-order valence-electron chi connectivity index (χ3n) is 2.06. The van der Waals surface area contributed by atoms with E-state index in [-0.39, 0.29) is 0 Å². The molecule has 0 spiro atoms. The van der Waals surface area contributed by atoms with Gasteiger partial charge in [0.2, 0.25) is 0 Å². The molecule has 86 valence electrons. The summed E-state index contributed by atoms with van der Waals surface area (Å²) < 4.78 is 61.0. The minimum atomic E-state index is -2.85. The van der Waals surface area contributed by atoms with Gasteiger partial charge in [0.25, 0.3) is 0 Å². The molecule has 0 fully saturated rings. The van der Waals surface area contributed by atoms with Crippen molar-refractivity contribution in [2.24, 2.45) is 0 Å². The fourth-order valence-corrected chi connectivity index (χ4v) is 3.48. The number of hydrogen-bond acceptors (Lipinski definition) is 4. The Balaban J connectivity index is 2.87. The van der Waals surface area contributed by atoms with Gasteiger partial charge in [-0.3, -0.25) is 0 Å². The third-order valence-corrected chi connectivity index (χ3v) is 5.01. The van der Waals surface area contributed by atoms with Crippen LogP contribution < -0.4 is 0 Å². The van der Waals surface area contributed by atoms with Crippen molar-refractivity contribution < 1.29 is 57.9 Å². The summed E-state index contributed by atoms with van der Waals surface area (Å²) in [5.41, 5.74) is -2.52. The van der Waals surface area contributed by atoms with Crippen LogP contribution in [0.5, 0.6) is 0 Å². The molecule has 2 rings (SSSR count). The molecule has 0 unspecified atom stereocenters. The molecule has 17 heavy (non-hydrogen) atoms. The van der Waals surface area contributed by atoms with Crippen LogP contribution >= 0.6 is 0 Å². The van der Waals surface area contributed by atoms with Crippen molar-refractivity contribution in [1.29, 1.82) is 0 Å². The first kappa shape index (κ1) is 12.3. The number of fused-ring (bicyclic) bond motifs is 1. The van der Waals surface area contributed by atoms with Crippen molar-refractivity contribution in [2.45, 2.75) is 0 Å². The van der Waals surface area contributed by atoms with Crippen molar-refractivity contribution in [3.63, 3.8) is 0 Å². The molecule has 0 N–H and O–H groups in total. The third kappa shape index (κ3) is 1.80. The van der Waals surface area contributed by atoms with Crippen molar-refractivity contribution in [3.05, 3.63) is 34.4 Å². The number of carbonyl (C=O) groups excluding carboxylic acids is 2. The standard InChI is InChI=1S/C8H2F4O4.Hg/c9-3-1(7(13)14)2(8(15)16)4(10)6(12)5(3)11;/h(H,13,14)(H,15,16);/q;+2/p-2. The number of hydrogen-bond donors (Lipinski definition) is 0. The van der Waals surface area contributed by atoms with Crippen LogP contribution in [-0.4, -0.2) is 11.9 Å². The number of rotatable bonds is 0. The van der Waals surface area contributed by atoms with Gasteiger partial charge in [-0.05, 0) is 0 Å². The molecule has 9 heteroatoms. The van der Waals surface area contributed by atoms with E-state index in [1.54, 1.807) is 0 Å². The van der Waals surface area contributed by atoms with E-state index < -0.39 is 71.8 Å². The van der Waals surface area contributed by atoms with Crippen molar-refractivity contribution >= 4 is 11.9 Å². The zero-order valence-corrected chi connectivity index (χ0v) is 13.3. The van der Waals surface area contributed by atoms with Crippen molar-refractivity contribution in [1.82, 2.24) is 0 Å². The molecular formula is C8F4HgO4. The van der Waals surface area contributed by atoms with E-state index in [1.165, 1.54) is 0 Å². The van der Waals surface area contributed by atoms with Gasteiger partial charge in [0.1, 0.15) is 0 Å². The second kappa shape index (κ2) is 4.24. The summed E-state index contributed by atoms with van der Waals surface area (Å²) in [5, 5.41) is 0. The van der Waals surface area contributed by atoms with E-state index in [4.69, 9.17) is 0 Å². The molecule has 1 aromatic rings. The van der Waals surface area contributed by atoms with Crippen LogP contribution in [0.2, 0.25) is 0 Å². The number of halogens is 4. The molecule has 0 radical (unpaired) electrons. The second-order valence-corrected chi connectivity index (χ2v) is 6.15. The first-order valence-corrected chi connectivity index (χ1v) is 8.64. The quantitative estimate of drug-likeness (QED) is 0.268. The average Bonchev–Trinajstić information content (AvgIpc) is 2.43. The fourth-order valence-electron chi connectivity index (χ4n) is 1.30. The molecule has 1 aliphatic heterocycles. The summed E-state index contributed by atoms with van der Waals surface area (Å²) in [6, 6.07) is 0. The Morgan fingerprint density at radius 2 is 1.06 bits per heavy atom. The Labute approximate surface area is 104 Å². The van der Waals surface area contributed by atoms with Gasteiger partial charge in [-0.25, -0.2) is 0 Å². The fraction of sp³-hybridized carbons (Fsp3) is 0. The van der Waals surface area contributed by atoms with Gasteiger partial charge >= 0.3 is 104 Å². The molecule has 0 saturated heterocycles. The molecule has 0 atom stereocenters. The Hall–Kier alpha value is -1.18. The van der Waals surface area contributed by atoms with Crippen molar-refractivity contribution in [3.8, 4) is 0 Å². The average molecular weight is 437 g/mol. The summed E-state index contributed by atoms with van der Waals surface area (Å²) in [5.74, 6) is -11.1. The van der Waals surface area contributed by atoms with Gasteiger partial charge in [-0.1, -0.05) is 0 Å². The van der Waals surface area contributed by atoms with Crippen LogP contribution in [-0.2, 0) is 30.8 Å². The zero-order chi connectivity index (χ0) is 12.7. The first-order valence-electron chi connectivity index (χ1n) is 4.15. The zero-order valence-electron chi connectivity index (χ0n) is 7.85. The number of benzene rings is 1. The van der Waals surface area contributed by atoms with Gasteiger partial charge < -0.3 is 0 Å². The summed E-state index contributed by atoms with van der Waals surface area (Å²) in [6.45, 7) is 0. The Morgan fingerprint density at radius 3 is 1.41 bits per heavy atom. The molecule has 0 aromatic heterocycles. The predicted octanol–water partition coefficient (Wildman–Crippen LogP) is 1.48. The summed E-state index contributed by atoms with van der Waals surface area (Å²) in [7, 11) is 0. The van der Waals surface area contributed by atoms with Gasteiger partial charge in [-0.2, -0.15) is 0 Å². The van der Waals surface area contributed by atoms with E-state index in [0.717, 1.165) is 0 Å². The molecule has 1 heterocycles. The second-order valence-electron chi connectivity index (χ2n) is 2.99. The molecule has 0 bridgehead atoms. The van der Waals surface area contributed by atoms with Crippen LogP contribution in [0.15, 0.2) is 0 Å². The van der Waals surface area contributed by atoms with Crippen LogP contribution in [0.25, 0.3) is 0 Å². The van der Waals surface area contributed by atoms with Crippen LogP contribution in [0.1, 0.15) is 20.7 Å². The topological polar surface area (TPSA) is 52.6 Å². The van der Waals surface area contributed by atoms with Gasteiger partial charge in [0.05, 0.1) is 0 Å². The Bertz CT molecular complexity index is 498. The Morgan fingerprint density at radius 1 is 0.706 bits per heavy atom. The van der Waals surface area contributed by atoms with Crippen LogP contribution in [0.3, 0.4) is 0 Å². The Kier molecular flexibility index (Phi) is 3.06. The van der Waals surface area contributed by atoms with Crippen LogP contribution in [0, 0.1) is 23.3 Å². The summed E-state index contributed by atoms with van der Waals surface area (Å²) >= 11 is -2.85. The monoisotopic (exact) mass is 438 g/mol. The molecular weight excluding hydrogens is 437 g/mol. The maximum atomic E-state index is 13.3. The number of carbonyl (C=O) groups is 2. The van der Waals surface area contributed by atoms with Gasteiger partial charge in [0.15, 0.2) is 0 Å². The van der Waals surface area contributed by atoms with E-state index >= 15 is 0 Å². The molecule has 0 aliphatic carbocycles. The molecule has 1 aromatic carbocycles. The van der Waals surface area contributed by atoms with Gasteiger partial charge in [-0.15, -0.1) is 0 Å². The summed E-state index contributed by atoms with van der Waals surface area (Å²) in [4.78, 5) is 22.4. The predicted molar refractivity (Wildman–Crippen MR) is 37.1 cm³/mol. The maximum absolute atomic E-state index is 13.3. The van der Waals surface area contributed by atoms with E-state index in [9.17, 15) is 27.2 Å². The molecule has 4 nitrogen and oxygen atoms in total. The normalized spacial score (nSPS) is 13.9. The first-order chi connectivity index (χ1) is 7.95. The van der Waals surface area contributed by atoms with Gasteiger partial charge in [0, 0.05) is 0 Å². The summed E-state index contributed by atoms with van der Waals surface area (Å²) in [6.07, 6.45) is 0. The molecule has 0 amide bonds. The van der Waals surface area contributed by atoms with E-state index in [0.29, 0.717) is 0 Å². The SMILES string of the molecule is O=C1[O][Hg][O]C(=O)c2c(F)c(F)c(F)c(F)c21. The molecule has 0 saturated carbocycles. The van der Waals surface area contributed by atoms with E-state index in [1.807, 2.05) is 0 Å².